The van der Waals surface area contributed by atoms with E-state index in [9.17, 15) is 0 Å². The molecule has 0 aromatic carbocycles. The van der Waals surface area contributed by atoms with E-state index in [-0.39, 0.29) is 13.2 Å². The van der Waals surface area contributed by atoms with Gasteiger partial charge in [-0.25, -0.2) is 0 Å². The molecule has 0 saturated carbocycles. The summed E-state index contributed by atoms with van der Waals surface area (Å²) < 4.78 is 9.80. The van der Waals surface area contributed by atoms with Crippen molar-refractivity contribution in [3.8, 4) is 0 Å². The van der Waals surface area contributed by atoms with E-state index in [2.05, 4.69) is 18.9 Å². The Kier molecular flexibility index (Phi) is 7.39. The molecule has 0 fully saturated rings. The Morgan fingerprint density at radius 3 is 2.83 bits per heavy atom. The lowest BCUT2D eigenvalue weighted by Gasteiger charge is -2.08. The molecule has 1 atom stereocenters. The van der Waals surface area contributed by atoms with Crippen LogP contribution in [0.3, 0.4) is 0 Å². The Bertz CT molecular complexity index is 159. The molecule has 0 aromatic heterocycles. The van der Waals surface area contributed by atoms with Crippen LogP contribution in [-0.4, -0.2) is 31.0 Å². The van der Waals surface area contributed by atoms with Crippen LogP contribution in [0.5, 0.6) is 0 Å². The molecule has 0 rings (SSSR count). The van der Waals surface area contributed by atoms with E-state index in [1.54, 1.807) is 6.08 Å². The molecule has 0 bridgehead atoms. The fourth-order valence-electron chi connectivity index (χ4n) is 0.554. The third-order valence-electron chi connectivity index (χ3n) is 1.00. The molecule has 0 aliphatic carbocycles. The fraction of sp³-hybridized carbons (Fsp3) is 0.444. The standard InChI is InChI=1S/C9H14O3/c1-3-5-11-7-9(10)8-12-6-4-2/h3,6,9-10H,1-2,5,7-8H2. The number of hydrogen-bond donors (Lipinski definition) is 1. The maximum Gasteiger partial charge on any atom is 0.125 e. The molecule has 1 unspecified atom stereocenters. The van der Waals surface area contributed by atoms with Crippen LogP contribution in [0.15, 0.2) is 31.2 Å². The van der Waals surface area contributed by atoms with E-state index >= 15 is 0 Å². The molecule has 0 amide bonds. The van der Waals surface area contributed by atoms with Crippen LogP contribution < -0.4 is 0 Å². The van der Waals surface area contributed by atoms with Gasteiger partial charge in [0.1, 0.15) is 19.0 Å². The van der Waals surface area contributed by atoms with Gasteiger partial charge in [0.2, 0.25) is 0 Å². The summed E-state index contributed by atoms with van der Waals surface area (Å²) in [7, 11) is 0. The Morgan fingerprint density at radius 1 is 1.50 bits per heavy atom. The first kappa shape index (κ1) is 11.0. The normalized spacial score (nSPS) is 11.4. The third-order valence-corrected chi connectivity index (χ3v) is 1.00. The summed E-state index contributed by atoms with van der Waals surface area (Å²) >= 11 is 0. The average molecular weight is 170 g/mol. The van der Waals surface area contributed by atoms with Gasteiger partial charge in [-0.3, -0.25) is 0 Å². The van der Waals surface area contributed by atoms with Gasteiger partial charge in [-0.15, -0.1) is 6.58 Å². The van der Waals surface area contributed by atoms with Crippen molar-refractivity contribution in [2.45, 2.75) is 6.10 Å². The highest BCUT2D eigenvalue weighted by atomic mass is 16.5. The maximum absolute atomic E-state index is 9.15. The van der Waals surface area contributed by atoms with Gasteiger partial charge in [-0.05, 0) is 0 Å². The van der Waals surface area contributed by atoms with Crippen LogP contribution in [-0.2, 0) is 9.47 Å². The van der Waals surface area contributed by atoms with E-state index in [0.717, 1.165) is 0 Å². The largest absolute Gasteiger partial charge is 0.490 e. The topological polar surface area (TPSA) is 38.7 Å². The first-order valence-electron chi connectivity index (χ1n) is 3.64. The van der Waals surface area contributed by atoms with E-state index in [1.807, 2.05) is 0 Å². The van der Waals surface area contributed by atoms with E-state index in [4.69, 9.17) is 14.6 Å². The van der Waals surface area contributed by atoms with Gasteiger partial charge >= 0.3 is 0 Å². The Balaban J connectivity index is 3.26. The second kappa shape index (κ2) is 8.08. The van der Waals surface area contributed by atoms with Crippen molar-refractivity contribution >= 4 is 0 Å². The molecular weight excluding hydrogens is 156 g/mol. The lowest BCUT2D eigenvalue weighted by atomic mass is 10.4. The zero-order chi connectivity index (χ0) is 9.23. The molecule has 68 valence electrons. The minimum Gasteiger partial charge on any atom is -0.490 e. The monoisotopic (exact) mass is 170 g/mol. The summed E-state index contributed by atoms with van der Waals surface area (Å²) in [5, 5.41) is 9.15. The third kappa shape index (κ3) is 7.09. The Hall–Kier alpha value is -1.02. The summed E-state index contributed by atoms with van der Waals surface area (Å²) in [4.78, 5) is 0. The lowest BCUT2D eigenvalue weighted by Crippen LogP contribution is -2.20. The van der Waals surface area contributed by atoms with Crippen molar-refractivity contribution in [1.82, 2.24) is 0 Å². The lowest BCUT2D eigenvalue weighted by molar-refractivity contribution is 0.0107. The van der Waals surface area contributed by atoms with Crippen LogP contribution in [0.25, 0.3) is 0 Å². The van der Waals surface area contributed by atoms with Crippen molar-refractivity contribution in [3.05, 3.63) is 31.2 Å². The van der Waals surface area contributed by atoms with Crippen molar-refractivity contribution in [3.63, 3.8) is 0 Å². The van der Waals surface area contributed by atoms with E-state index < -0.39 is 6.10 Å². The fourth-order valence-corrected chi connectivity index (χ4v) is 0.554. The minimum atomic E-state index is -0.616. The van der Waals surface area contributed by atoms with Crippen molar-refractivity contribution in [2.24, 2.45) is 0 Å². The number of aliphatic hydroxyl groups is 1. The highest BCUT2D eigenvalue weighted by molar-refractivity contribution is 4.67. The van der Waals surface area contributed by atoms with Gasteiger partial charge in [0, 0.05) is 0 Å². The number of hydrogen-bond acceptors (Lipinski definition) is 3. The minimum absolute atomic E-state index is 0.194. The summed E-state index contributed by atoms with van der Waals surface area (Å²) in [5.74, 6) is 0. The zero-order valence-electron chi connectivity index (χ0n) is 7.03. The predicted molar refractivity (Wildman–Crippen MR) is 46.7 cm³/mol. The highest BCUT2D eigenvalue weighted by Gasteiger charge is 2.02. The highest BCUT2D eigenvalue weighted by Crippen LogP contribution is 1.88. The van der Waals surface area contributed by atoms with Crippen LogP contribution in [0.4, 0.5) is 0 Å². The van der Waals surface area contributed by atoms with E-state index in [1.165, 1.54) is 6.26 Å². The quantitative estimate of drug-likeness (QED) is 0.266. The van der Waals surface area contributed by atoms with Crippen LogP contribution in [0, 0.1) is 0 Å². The molecule has 0 saturated heterocycles. The Morgan fingerprint density at radius 2 is 2.25 bits per heavy atom. The summed E-state index contributed by atoms with van der Waals surface area (Å²) in [6, 6.07) is 0. The molecular formula is C9H14O3. The smallest absolute Gasteiger partial charge is 0.125 e. The molecule has 3 nitrogen and oxygen atoms in total. The van der Waals surface area contributed by atoms with Gasteiger partial charge in [-0.2, -0.15) is 0 Å². The molecule has 0 spiro atoms. The molecule has 0 heterocycles. The van der Waals surface area contributed by atoms with Crippen LogP contribution >= 0.6 is 0 Å². The van der Waals surface area contributed by atoms with Crippen molar-refractivity contribution in [2.75, 3.05) is 19.8 Å². The SMILES string of the molecule is C=C=COCC(O)COCC=C. The van der Waals surface area contributed by atoms with Crippen LogP contribution in [0.1, 0.15) is 0 Å². The van der Waals surface area contributed by atoms with Gasteiger partial charge < -0.3 is 14.6 Å². The maximum atomic E-state index is 9.15. The van der Waals surface area contributed by atoms with Gasteiger partial charge in [0.15, 0.2) is 0 Å². The number of ether oxygens (including phenoxy) is 2. The molecule has 0 aromatic rings. The molecule has 0 radical (unpaired) electrons. The predicted octanol–water partition coefficient (Wildman–Crippen LogP) is 0.865. The molecule has 12 heavy (non-hydrogen) atoms. The van der Waals surface area contributed by atoms with Gasteiger partial charge in [0.05, 0.1) is 13.2 Å². The second-order valence-corrected chi connectivity index (χ2v) is 2.14. The Labute approximate surface area is 72.6 Å². The number of aliphatic hydroxyl groups excluding tert-OH is 1. The molecule has 1 N–H and O–H groups in total. The van der Waals surface area contributed by atoms with E-state index in [0.29, 0.717) is 6.61 Å². The van der Waals surface area contributed by atoms with Crippen molar-refractivity contribution < 1.29 is 14.6 Å². The summed E-state index contributed by atoms with van der Waals surface area (Å²) in [6.45, 7) is 7.65. The first-order valence-corrected chi connectivity index (χ1v) is 3.64. The van der Waals surface area contributed by atoms with Crippen molar-refractivity contribution in [1.29, 1.82) is 0 Å². The molecule has 3 heteroatoms. The first-order chi connectivity index (χ1) is 5.81. The number of rotatable bonds is 7. The molecule has 0 aliphatic heterocycles. The molecule has 0 aliphatic rings. The summed E-state index contributed by atoms with van der Waals surface area (Å²) in [5.41, 5.74) is 2.43. The average Bonchev–Trinajstić information content (AvgIpc) is 2.06. The zero-order valence-corrected chi connectivity index (χ0v) is 7.03. The van der Waals surface area contributed by atoms with Crippen LogP contribution in [0.2, 0.25) is 0 Å². The van der Waals surface area contributed by atoms with Gasteiger partial charge in [0.25, 0.3) is 0 Å². The summed E-state index contributed by atoms with van der Waals surface area (Å²) in [6.07, 6.45) is 2.31. The second-order valence-electron chi connectivity index (χ2n) is 2.14. The van der Waals surface area contributed by atoms with Gasteiger partial charge in [-0.1, -0.05) is 18.4 Å².